The van der Waals surface area contributed by atoms with Crippen molar-refractivity contribution in [1.82, 2.24) is 30.0 Å². The number of halogens is 3. The second-order valence-corrected chi connectivity index (χ2v) is 15.7. The summed E-state index contributed by atoms with van der Waals surface area (Å²) >= 11 is 0. The molecule has 0 saturated carbocycles. The van der Waals surface area contributed by atoms with Gasteiger partial charge in [0.1, 0.15) is 16.9 Å². The maximum absolute atomic E-state index is 14.0. The van der Waals surface area contributed by atoms with Crippen LogP contribution in [0.3, 0.4) is 0 Å². The Morgan fingerprint density at radius 3 is 2.44 bits per heavy atom. The molecule has 3 fully saturated rings. The predicted molar refractivity (Wildman–Crippen MR) is 197 cm³/mol. The number of benzene rings is 2. The number of H-pyrrole nitrogens is 1. The van der Waals surface area contributed by atoms with Crippen LogP contribution in [-0.2, 0) is 4.74 Å². The Morgan fingerprint density at radius 2 is 1.79 bits per heavy atom. The summed E-state index contributed by atoms with van der Waals surface area (Å²) in [6.45, 7) is 14.5. The molecule has 0 unspecified atom stereocenters. The normalized spacial score (nSPS) is 18.5. The highest BCUT2D eigenvalue weighted by Gasteiger charge is 2.48. The Kier molecular flexibility index (Phi) is 9.25. The Hall–Kier alpha value is -4.59. The van der Waals surface area contributed by atoms with Crippen molar-refractivity contribution in [2.75, 3.05) is 63.1 Å². The summed E-state index contributed by atoms with van der Waals surface area (Å²) in [6, 6.07) is 5.83. The molecule has 4 aromatic rings. The Labute approximate surface area is 301 Å². The molecule has 2 aromatic heterocycles. The number of hydrogen-bond donors (Lipinski definition) is 2. The molecule has 0 aliphatic carbocycles. The van der Waals surface area contributed by atoms with Gasteiger partial charge >= 0.3 is 12.3 Å². The molecule has 1 amide bonds. The average Bonchev–Trinajstić information content (AvgIpc) is 3.54. The second-order valence-electron chi connectivity index (χ2n) is 15.7. The zero-order valence-corrected chi connectivity index (χ0v) is 30.5. The number of ether oxygens (including phenoxy) is 2. The summed E-state index contributed by atoms with van der Waals surface area (Å²) < 4.78 is 53.3. The highest BCUT2D eigenvalue weighted by molar-refractivity contribution is 6.07. The third kappa shape index (κ3) is 7.22. The number of carbonyl (C=O) groups excluding carboxylic acids is 1. The lowest BCUT2D eigenvalue weighted by Gasteiger charge is -2.53. The fourth-order valence-corrected chi connectivity index (χ4v) is 7.78. The van der Waals surface area contributed by atoms with Crippen LogP contribution in [0.2, 0.25) is 0 Å². The average molecular weight is 721 g/mol. The van der Waals surface area contributed by atoms with Gasteiger partial charge in [-0.25, -0.2) is 9.78 Å². The molecule has 7 rings (SSSR count). The number of carbonyl (C=O) groups is 1. The third-order valence-corrected chi connectivity index (χ3v) is 10.5. The molecule has 5 heterocycles. The Morgan fingerprint density at radius 1 is 1.08 bits per heavy atom. The summed E-state index contributed by atoms with van der Waals surface area (Å²) in [6.07, 6.45) is 1.84. The molecule has 3 aliphatic rings. The van der Waals surface area contributed by atoms with Gasteiger partial charge in [0.25, 0.3) is 0 Å². The van der Waals surface area contributed by atoms with Crippen LogP contribution in [0.4, 0.5) is 29.7 Å². The fraction of sp³-hybridized carbons (Fsp3) is 0.526. The lowest BCUT2D eigenvalue weighted by molar-refractivity contribution is -0.153. The van der Waals surface area contributed by atoms with E-state index in [0.29, 0.717) is 65.5 Å². The number of hydrogen-bond acceptors (Lipinski definition) is 9. The van der Waals surface area contributed by atoms with Crippen molar-refractivity contribution in [3.05, 3.63) is 42.1 Å². The number of amides is 1. The van der Waals surface area contributed by atoms with E-state index < -0.39 is 18.4 Å². The van der Waals surface area contributed by atoms with E-state index in [2.05, 4.69) is 38.9 Å². The van der Waals surface area contributed by atoms with Gasteiger partial charge in [0.2, 0.25) is 5.95 Å². The van der Waals surface area contributed by atoms with Crippen LogP contribution in [0.25, 0.3) is 39.0 Å². The summed E-state index contributed by atoms with van der Waals surface area (Å²) in [5, 5.41) is 12.1. The molecule has 14 heteroatoms. The first kappa shape index (κ1) is 35.8. The number of rotatable bonds is 7. The number of aromatic nitrogens is 4. The minimum atomic E-state index is -4.59. The number of aryl methyl sites for hydroxylation is 1. The summed E-state index contributed by atoms with van der Waals surface area (Å²) in [5.41, 5.74) is 3.07. The molecule has 0 bridgehead atoms. The number of alkyl halides is 3. The van der Waals surface area contributed by atoms with Crippen molar-refractivity contribution in [3.63, 3.8) is 0 Å². The van der Waals surface area contributed by atoms with Crippen LogP contribution in [0.1, 0.15) is 57.6 Å². The van der Waals surface area contributed by atoms with Gasteiger partial charge in [-0.1, -0.05) is 18.7 Å². The van der Waals surface area contributed by atoms with Gasteiger partial charge < -0.3 is 29.5 Å². The number of likely N-dealkylation sites (tertiary alicyclic amines) is 2. The minimum absolute atomic E-state index is 0.0212. The summed E-state index contributed by atoms with van der Waals surface area (Å²) in [4.78, 5) is 28.9. The predicted octanol–water partition coefficient (Wildman–Crippen LogP) is 7.41. The molecule has 52 heavy (non-hydrogen) atoms. The van der Waals surface area contributed by atoms with Crippen LogP contribution in [0, 0.1) is 12.3 Å². The van der Waals surface area contributed by atoms with E-state index in [4.69, 9.17) is 19.4 Å². The first-order chi connectivity index (χ1) is 24.6. The fourth-order valence-electron chi connectivity index (χ4n) is 7.78. The minimum Gasteiger partial charge on any atom is -0.481 e. The van der Waals surface area contributed by atoms with Gasteiger partial charge in [0.15, 0.2) is 12.4 Å². The quantitative estimate of drug-likeness (QED) is 0.202. The molecule has 3 saturated heterocycles. The first-order valence-corrected chi connectivity index (χ1v) is 17.9. The number of fused-ring (bicyclic) bond motifs is 2. The van der Waals surface area contributed by atoms with Gasteiger partial charge in [0.05, 0.1) is 11.7 Å². The van der Waals surface area contributed by atoms with E-state index in [9.17, 15) is 18.0 Å². The lowest BCUT2D eigenvalue weighted by atomic mass is 9.72. The molecular formula is C38H47F3N8O3. The van der Waals surface area contributed by atoms with Crippen LogP contribution >= 0.6 is 0 Å². The van der Waals surface area contributed by atoms with Gasteiger partial charge in [-0.15, -0.1) is 0 Å². The van der Waals surface area contributed by atoms with E-state index in [-0.39, 0.29) is 23.3 Å². The molecule has 11 nitrogen and oxygen atoms in total. The molecule has 1 spiro atoms. The zero-order chi connectivity index (χ0) is 37.0. The van der Waals surface area contributed by atoms with Gasteiger partial charge in [-0.05, 0) is 102 Å². The number of nitrogens with zero attached hydrogens (tertiary/aromatic N) is 6. The molecule has 0 radical (unpaired) electrons. The van der Waals surface area contributed by atoms with E-state index >= 15 is 0 Å². The maximum atomic E-state index is 14.0. The Balaban J connectivity index is 1.32. The van der Waals surface area contributed by atoms with Gasteiger partial charge in [0, 0.05) is 54.0 Å². The molecule has 2 N–H and O–H groups in total. The third-order valence-electron chi connectivity index (χ3n) is 10.5. The smallest absolute Gasteiger partial charge is 0.422 e. The van der Waals surface area contributed by atoms with E-state index in [0.717, 1.165) is 55.2 Å². The van der Waals surface area contributed by atoms with Crippen molar-refractivity contribution < 1.29 is 27.4 Å². The summed E-state index contributed by atoms with van der Waals surface area (Å²) in [5.74, 6) is 1.00. The van der Waals surface area contributed by atoms with Crippen molar-refractivity contribution in [2.45, 2.75) is 71.2 Å². The Bertz CT molecular complexity index is 1980. The molecule has 278 valence electrons. The highest BCUT2D eigenvalue weighted by atomic mass is 19.4. The van der Waals surface area contributed by atoms with Crippen LogP contribution in [0.15, 0.2) is 31.0 Å². The highest BCUT2D eigenvalue weighted by Crippen LogP contribution is 2.48. The van der Waals surface area contributed by atoms with Crippen molar-refractivity contribution in [2.24, 2.45) is 5.41 Å². The maximum Gasteiger partial charge on any atom is 0.422 e. The molecule has 3 aliphatic heterocycles. The lowest BCUT2D eigenvalue weighted by Crippen LogP contribution is -2.62. The zero-order valence-electron chi connectivity index (χ0n) is 30.5. The van der Waals surface area contributed by atoms with Gasteiger partial charge in [-0.2, -0.15) is 23.3 Å². The monoisotopic (exact) mass is 720 g/mol. The summed E-state index contributed by atoms with van der Waals surface area (Å²) in [7, 11) is 2.09. The molecule has 0 atom stereocenters. The number of piperidine rings is 2. The van der Waals surface area contributed by atoms with Crippen LogP contribution < -0.4 is 15.0 Å². The van der Waals surface area contributed by atoms with E-state index in [1.54, 1.807) is 17.2 Å². The first-order valence-electron chi connectivity index (χ1n) is 17.9. The number of anilines is 2. The van der Waals surface area contributed by atoms with Gasteiger partial charge in [-0.3, -0.25) is 5.10 Å². The van der Waals surface area contributed by atoms with Crippen LogP contribution in [0.5, 0.6) is 5.75 Å². The largest absolute Gasteiger partial charge is 0.481 e. The van der Waals surface area contributed by atoms with E-state index in [1.807, 2.05) is 45.9 Å². The SMILES string of the molecule is C=Cc1cc2c(N3CCC4(CC3)CN(C(=O)OC(C)(C)C)C4)nc(NC3CCN(C)CC3)nc2c(OCC(F)(F)F)c1-c1c(C)ccc2[nH]ncc12. The van der Waals surface area contributed by atoms with Crippen molar-refractivity contribution in [3.8, 4) is 16.9 Å². The van der Waals surface area contributed by atoms with Crippen molar-refractivity contribution in [1.29, 1.82) is 0 Å². The number of aromatic amines is 1. The van der Waals surface area contributed by atoms with Crippen LogP contribution in [-0.4, -0.2) is 107 Å². The van der Waals surface area contributed by atoms with E-state index in [1.165, 1.54) is 0 Å². The molecule has 2 aromatic carbocycles. The number of nitrogens with one attached hydrogen (secondary N) is 2. The standard InChI is InChI=1S/C38H47F3N8O3/c1-7-24-18-26-31(32(51-22-38(39,40)41)30(24)29-23(2)8-9-28-27(29)19-42-46-28)44-34(43-25-10-14-47(6)15-11-25)45-33(26)48-16-12-37(13-17-48)20-49(21-37)35(50)52-36(3,4)5/h7-9,18-19,25H,1,10-17,20-22H2,2-6H3,(H,42,46)(H,43,44,45). The topological polar surface area (TPSA) is 112 Å². The van der Waals surface area contributed by atoms with Crippen molar-refractivity contribution >= 4 is 45.7 Å². The second kappa shape index (κ2) is 13.4. The molecular weight excluding hydrogens is 673 g/mol.